The van der Waals surface area contributed by atoms with Gasteiger partial charge >= 0.3 is 184 Å². The molecule has 0 aliphatic heterocycles. The van der Waals surface area contributed by atoms with E-state index < -0.39 is 13.3 Å². The van der Waals surface area contributed by atoms with Crippen LogP contribution in [0.1, 0.15) is 11.1 Å². The zero-order chi connectivity index (χ0) is 21.8. The van der Waals surface area contributed by atoms with E-state index in [9.17, 15) is 0 Å². The number of benzene rings is 3. The molecule has 6 aromatic rings. The number of fused-ring (bicyclic) bond motifs is 5. The average molecular weight is 470 g/mol. The summed E-state index contributed by atoms with van der Waals surface area (Å²) < 4.78 is 21.3. The number of para-hydroxylation sites is 1. The predicted octanol–water partition coefficient (Wildman–Crippen LogP) is 6.12. The summed E-state index contributed by atoms with van der Waals surface area (Å²) in [5.74, 6) is 7.11. The number of nitrogens with zero attached hydrogens (tertiary/aromatic N) is 2. The van der Waals surface area contributed by atoms with Crippen molar-refractivity contribution in [1.82, 2.24) is 4.40 Å². The first-order chi connectivity index (χ1) is 14.7. The van der Waals surface area contributed by atoms with Gasteiger partial charge in [0.2, 0.25) is 0 Å². The number of halogens is 1. The van der Waals surface area contributed by atoms with E-state index in [1.165, 1.54) is 37.2 Å². The van der Waals surface area contributed by atoms with Crippen molar-refractivity contribution in [3.63, 3.8) is 0 Å². The topological polar surface area (TPSA) is 8.29 Å². The molecular formula is C27H26FGeN2+. The van der Waals surface area contributed by atoms with Crippen LogP contribution >= 0.6 is 0 Å². The molecule has 0 fully saturated rings. The van der Waals surface area contributed by atoms with E-state index in [0.717, 1.165) is 21.8 Å². The second-order valence-corrected chi connectivity index (χ2v) is 20.7. The number of rotatable bonds is 1. The van der Waals surface area contributed by atoms with Crippen molar-refractivity contribution in [3.8, 4) is 0 Å². The summed E-state index contributed by atoms with van der Waals surface area (Å²) >= 11 is -2.12. The van der Waals surface area contributed by atoms with E-state index in [-0.39, 0.29) is 5.82 Å². The van der Waals surface area contributed by atoms with Crippen molar-refractivity contribution in [1.29, 1.82) is 0 Å². The van der Waals surface area contributed by atoms with E-state index in [1.807, 2.05) is 6.07 Å². The predicted molar refractivity (Wildman–Crippen MR) is 132 cm³/mol. The fourth-order valence-corrected chi connectivity index (χ4v) is 7.76. The molecule has 0 bridgehead atoms. The summed E-state index contributed by atoms with van der Waals surface area (Å²) in [5.41, 5.74) is 6.71. The Morgan fingerprint density at radius 1 is 0.903 bits per heavy atom. The van der Waals surface area contributed by atoms with Crippen molar-refractivity contribution < 1.29 is 8.96 Å². The Balaban J connectivity index is 2.10. The molecule has 154 valence electrons. The third-order valence-electron chi connectivity index (χ3n) is 7.10. The molecule has 0 atom stereocenters. The van der Waals surface area contributed by atoms with Crippen molar-refractivity contribution >= 4 is 66.7 Å². The monoisotopic (exact) mass is 471 g/mol. The molecule has 4 heteroatoms. The van der Waals surface area contributed by atoms with Gasteiger partial charge in [-0.25, -0.2) is 0 Å². The Hall–Kier alpha value is -2.66. The Kier molecular flexibility index (Phi) is 3.67. The maximum absolute atomic E-state index is 15.4. The van der Waals surface area contributed by atoms with Gasteiger partial charge < -0.3 is 0 Å². The van der Waals surface area contributed by atoms with Crippen LogP contribution in [0.15, 0.2) is 48.7 Å². The van der Waals surface area contributed by atoms with Crippen LogP contribution in [0.2, 0.25) is 17.3 Å². The van der Waals surface area contributed by atoms with Crippen LogP contribution in [0.5, 0.6) is 0 Å². The fourth-order valence-electron chi connectivity index (χ4n) is 5.33. The van der Waals surface area contributed by atoms with Gasteiger partial charge in [-0.05, 0) is 0 Å². The quantitative estimate of drug-likeness (QED) is 0.119. The molecule has 0 spiro atoms. The van der Waals surface area contributed by atoms with Crippen molar-refractivity contribution in [2.45, 2.75) is 31.1 Å². The number of aromatic nitrogens is 2. The first-order valence-corrected chi connectivity index (χ1v) is 18.2. The SMILES string of the molecule is Cc1cc2c3cccc(F)c3n3c4c[c]([Ge]([CH3])([CH3])[CH3])cc5cc[n+](C)c(c(c1C)c23)c54. The van der Waals surface area contributed by atoms with Gasteiger partial charge in [-0.3, -0.25) is 0 Å². The fraction of sp³-hybridized carbons (Fsp3) is 0.222. The van der Waals surface area contributed by atoms with Crippen molar-refractivity contribution in [2.24, 2.45) is 7.05 Å². The van der Waals surface area contributed by atoms with E-state index in [1.54, 1.807) is 6.07 Å². The molecule has 6 rings (SSSR count). The maximum atomic E-state index is 15.4. The molecular weight excluding hydrogens is 444 g/mol. The van der Waals surface area contributed by atoms with Gasteiger partial charge in [0.15, 0.2) is 0 Å². The zero-order valence-corrected chi connectivity index (χ0v) is 21.0. The van der Waals surface area contributed by atoms with Gasteiger partial charge in [0, 0.05) is 0 Å². The summed E-state index contributed by atoms with van der Waals surface area (Å²) in [4.78, 5) is 0. The summed E-state index contributed by atoms with van der Waals surface area (Å²) in [5, 5.41) is 5.84. The minimum absolute atomic E-state index is 0.158. The van der Waals surface area contributed by atoms with Gasteiger partial charge in [-0.2, -0.15) is 0 Å². The molecule has 0 saturated carbocycles. The van der Waals surface area contributed by atoms with Gasteiger partial charge in [0.1, 0.15) is 0 Å². The molecule has 0 amide bonds. The molecule has 0 saturated heterocycles. The van der Waals surface area contributed by atoms with E-state index in [2.05, 4.69) is 83.7 Å². The molecule has 3 heterocycles. The summed E-state index contributed by atoms with van der Waals surface area (Å²) in [6.45, 7) is 4.37. The average Bonchev–Trinajstić information content (AvgIpc) is 3.04. The Bertz CT molecular complexity index is 1700. The number of hydrogen-bond donors (Lipinski definition) is 0. The van der Waals surface area contributed by atoms with Crippen LogP contribution < -0.4 is 8.96 Å². The van der Waals surface area contributed by atoms with Gasteiger partial charge in [0.25, 0.3) is 0 Å². The second-order valence-electron chi connectivity index (χ2n) is 10.0. The van der Waals surface area contributed by atoms with E-state index >= 15 is 4.39 Å². The number of hydrogen-bond acceptors (Lipinski definition) is 0. The summed E-state index contributed by atoms with van der Waals surface area (Å²) in [6, 6.07) is 14.7. The Morgan fingerprint density at radius 3 is 2.42 bits per heavy atom. The molecule has 3 aromatic heterocycles. The first-order valence-electron chi connectivity index (χ1n) is 10.9. The van der Waals surface area contributed by atoms with Gasteiger partial charge in [0.05, 0.1) is 0 Å². The third kappa shape index (κ3) is 2.36. The normalized spacial score (nSPS) is 13.0. The molecule has 0 aliphatic carbocycles. The van der Waals surface area contributed by atoms with Crippen LogP contribution in [0.4, 0.5) is 4.39 Å². The van der Waals surface area contributed by atoms with Crippen molar-refractivity contribution in [3.05, 3.63) is 65.6 Å². The van der Waals surface area contributed by atoms with Gasteiger partial charge in [-0.15, -0.1) is 0 Å². The zero-order valence-electron chi connectivity index (χ0n) is 18.9. The Labute approximate surface area is 183 Å². The van der Waals surface area contributed by atoms with Crippen LogP contribution in [0.25, 0.3) is 49.0 Å². The number of aryl methyl sites for hydroxylation is 3. The molecule has 31 heavy (non-hydrogen) atoms. The number of pyridine rings is 2. The summed E-state index contributed by atoms with van der Waals surface area (Å²) in [6.07, 6.45) is 2.17. The van der Waals surface area contributed by atoms with E-state index in [4.69, 9.17) is 0 Å². The van der Waals surface area contributed by atoms with Gasteiger partial charge in [-0.1, -0.05) is 0 Å². The molecule has 0 radical (unpaired) electrons. The molecule has 3 aromatic carbocycles. The Morgan fingerprint density at radius 2 is 1.68 bits per heavy atom. The molecule has 0 aliphatic rings. The second kappa shape index (κ2) is 5.98. The van der Waals surface area contributed by atoms with Crippen LogP contribution in [0, 0.1) is 19.7 Å². The van der Waals surface area contributed by atoms with E-state index in [0.29, 0.717) is 5.52 Å². The first kappa shape index (κ1) is 19.1. The standard InChI is InChI=1S/C27H26FGeN2/c1-15-12-20-19-8-7-9-21(28)25(19)31-22-14-18(29(3,4)5)13-17-10-11-30(6)27(24(17)22)23(16(15)2)26(20)31/h7-14H,1-6H3/q+1. The molecule has 2 nitrogen and oxygen atoms in total. The van der Waals surface area contributed by atoms with Crippen molar-refractivity contribution in [2.75, 3.05) is 0 Å². The van der Waals surface area contributed by atoms with Crippen LogP contribution in [-0.4, -0.2) is 17.7 Å². The van der Waals surface area contributed by atoms with Crippen LogP contribution in [0.3, 0.4) is 0 Å². The van der Waals surface area contributed by atoms with Crippen LogP contribution in [-0.2, 0) is 7.05 Å². The molecule has 0 N–H and O–H groups in total. The summed E-state index contributed by atoms with van der Waals surface area (Å²) in [7, 11) is 2.13. The third-order valence-corrected chi connectivity index (χ3v) is 11.3. The molecule has 0 unspecified atom stereocenters. The minimum atomic E-state index is -2.12.